The normalized spacial score (nSPS) is 16.4. The maximum atomic E-state index is 12.2. The summed E-state index contributed by atoms with van der Waals surface area (Å²) in [6.07, 6.45) is 3.62. The third kappa shape index (κ3) is 3.01. The van der Waals surface area contributed by atoms with Crippen LogP contribution < -0.4 is 5.32 Å². The standard InChI is InChI=1S/C12H18N2O2.ClH/c1-9-11(5-8-16-9)12(15)14(2)10-3-6-13-7-4-10;/h5,8,10,13H,3-4,6-7H2,1-2H3;1H. The molecule has 2 heterocycles. The summed E-state index contributed by atoms with van der Waals surface area (Å²) < 4.78 is 5.16. The van der Waals surface area contributed by atoms with Crippen molar-refractivity contribution >= 4 is 18.3 Å². The molecule has 0 bridgehead atoms. The molecule has 2 rings (SSSR count). The van der Waals surface area contributed by atoms with E-state index >= 15 is 0 Å². The summed E-state index contributed by atoms with van der Waals surface area (Å²) in [6, 6.07) is 2.10. The first-order valence-corrected chi connectivity index (χ1v) is 5.72. The van der Waals surface area contributed by atoms with Crippen LogP contribution in [-0.4, -0.2) is 37.0 Å². The van der Waals surface area contributed by atoms with Crippen molar-refractivity contribution in [3.8, 4) is 0 Å². The van der Waals surface area contributed by atoms with E-state index in [9.17, 15) is 4.79 Å². The molecule has 5 heteroatoms. The number of hydrogen-bond donors (Lipinski definition) is 1. The molecule has 1 aliphatic heterocycles. The molecule has 96 valence electrons. The van der Waals surface area contributed by atoms with Gasteiger partial charge >= 0.3 is 0 Å². The SMILES string of the molecule is Cc1occc1C(=O)N(C)C1CCNCC1.Cl. The second-order valence-corrected chi connectivity index (χ2v) is 4.29. The molecule has 0 saturated carbocycles. The zero-order valence-electron chi connectivity index (χ0n) is 10.2. The van der Waals surface area contributed by atoms with Gasteiger partial charge in [0.2, 0.25) is 0 Å². The summed E-state index contributed by atoms with van der Waals surface area (Å²) in [5.41, 5.74) is 0.682. The van der Waals surface area contributed by atoms with Crippen LogP contribution in [0.15, 0.2) is 16.7 Å². The molecule has 0 unspecified atom stereocenters. The molecular weight excluding hydrogens is 240 g/mol. The topological polar surface area (TPSA) is 45.5 Å². The highest BCUT2D eigenvalue weighted by molar-refractivity contribution is 5.95. The number of halogens is 1. The lowest BCUT2D eigenvalue weighted by atomic mass is 10.0. The van der Waals surface area contributed by atoms with E-state index in [-0.39, 0.29) is 18.3 Å². The number of carbonyl (C=O) groups excluding carboxylic acids is 1. The van der Waals surface area contributed by atoms with Gasteiger partial charge in [-0.3, -0.25) is 4.79 Å². The number of amides is 1. The van der Waals surface area contributed by atoms with Crippen LogP contribution in [-0.2, 0) is 0 Å². The van der Waals surface area contributed by atoms with E-state index in [0.717, 1.165) is 25.9 Å². The maximum Gasteiger partial charge on any atom is 0.257 e. The van der Waals surface area contributed by atoms with Crippen molar-refractivity contribution < 1.29 is 9.21 Å². The van der Waals surface area contributed by atoms with Crippen LogP contribution >= 0.6 is 12.4 Å². The molecule has 1 N–H and O–H groups in total. The molecule has 0 aliphatic carbocycles. The van der Waals surface area contributed by atoms with Crippen molar-refractivity contribution in [1.29, 1.82) is 0 Å². The Labute approximate surface area is 108 Å². The van der Waals surface area contributed by atoms with Gasteiger partial charge in [-0.1, -0.05) is 0 Å². The van der Waals surface area contributed by atoms with Crippen molar-refractivity contribution in [2.45, 2.75) is 25.8 Å². The minimum Gasteiger partial charge on any atom is -0.469 e. The molecule has 1 amide bonds. The Morgan fingerprint density at radius 2 is 2.12 bits per heavy atom. The Balaban J connectivity index is 0.00000144. The number of piperidine rings is 1. The fraction of sp³-hybridized carbons (Fsp3) is 0.583. The quantitative estimate of drug-likeness (QED) is 0.880. The van der Waals surface area contributed by atoms with Crippen LogP contribution in [0.5, 0.6) is 0 Å². The monoisotopic (exact) mass is 258 g/mol. The van der Waals surface area contributed by atoms with E-state index in [4.69, 9.17) is 4.42 Å². The number of nitrogens with zero attached hydrogens (tertiary/aromatic N) is 1. The van der Waals surface area contributed by atoms with Crippen molar-refractivity contribution in [1.82, 2.24) is 10.2 Å². The molecule has 0 spiro atoms. The van der Waals surface area contributed by atoms with Crippen molar-refractivity contribution in [3.63, 3.8) is 0 Å². The van der Waals surface area contributed by atoms with Gasteiger partial charge in [-0.25, -0.2) is 0 Å². The van der Waals surface area contributed by atoms with Crippen LogP contribution in [0.3, 0.4) is 0 Å². The highest BCUT2D eigenvalue weighted by Gasteiger charge is 2.24. The number of carbonyl (C=O) groups is 1. The molecule has 0 aromatic carbocycles. The summed E-state index contributed by atoms with van der Waals surface area (Å²) >= 11 is 0. The van der Waals surface area contributed by atoms with Crippen molar-refractivity contribution in [3.05, 3.63) is 23.7 Å². The van der Waals surface area contributed by atoms with Gasteiger partial charge in [-0.15, -0.1) is 12.4 Å². The fourth-order valence-electron chi connectivity index (χ4n) is 2.16. The van der Waals surface area contributed by atoms with E-state index in [1.807, 2.05) is 18.9 Å². The molecule has 0 radical (unpaired) electrons. The van der Waals surface area contributed by atoms with E-state index in [2.05, 4.69) is 5.32 Å². The minimum atomic E-state index is 0. The molecule has 17 heavy (non-hydrogen) atoms. The number of rotatable bonds is 2. The van der Waals surface area contributed by atoms with E-state index in [0.29, 0.717) is 17.4 Å². The number of aryl methyl sites for hydroxylation is 1. The predicted molar refractivity (Wildman–Crippen MR) is 68.7 cm³/mol. The zero-order valence-corrected chi connectivity index (χ0v) is 11.0. The fourth-order valence-corrected chi connectivity index (χ4v) is 2.16. The second kappa shape index (κ2) is 6.07. The van der Waals surface area contributed by atoms with Gasteiger partial charge < -0.3 is 14.6 Å². The molecule has 1 fully saturated rings. The highest BCUT2D eigenvalue weighted by atomic mass is 35.5. The smallest absolute Gasteiger partial charge is 0.257 e. The lowest BCUT2D eigenvalue weighted by molar-refractivity contribution is 0.0701. The number of nitrogens with one attached hydrogen (secondary N) is 1. The molecular formula is C12H19ClN2O2. The first-order chi connectivity index (χ1) is 7.70. The first kappa shape index (κ1) is 14.1. The van der Waals surface area contributed by atoms with Gasteiger partial charge in [0.05, 0.1) is 11.8 Å². The van der Waals surface area contributed by atoms with Gasteiger partial charge in [-0.2, -0.15) is 0 Å². The minimum absolute atomic E-state index is 0. The summed E-state index contributed by atoms with van der Waals surface area (Å²) in [5.74, 6) is 0.768. The summed E-state index contributed by atoms with van der Waals surface area (Å²) in [4.78, 5) is 14.0. The predicted octanol–water partition coefficient (Wildman–Crippen LogP) is 1.83. The van der Waals surface area contributed by atoms with Crippen molar-refractivity contribution in [2.75, 3.05) is 20.1 Å². The lowest BCUT2D eigenvalue weighted by Crippen LogP contribution is -2.44. The van der Waals surface area contributed by atoms with E-state index in [1.54, 1.807) is 12.3 Å². The van der Waals surface area contributed by atoms with Gasteiger partial charge in [0.1, 0.15) is 5.76 Å². The molecule has 0 atom stereocenters. The molecule has 1 aromatic rings. The Morgan fingerprint density at radius 1 is 1.47 bits per heavy atom. The van der Waals surface area contributed by atoms with Gasteiger partial charge in [0.15, 0.2) is 0 Å². The van der Waals surface area contributed by atoms with Crippen LogP contribution in [0.4, 0.5) is 0 Å². The molecule has 4 nitrogen and oxygen atoms in total. The second-order valence-electron chi connectivity index (χ2n) is 4.29. The summed E-state index contributed by atoms with van der Waals surface area (Å²) in [5, 5.41) is 3.30. The van der Waals surface area contributed by atoms with Crippen LogP contribution in [0.1, 0.15) is 29.0 Å². The summed E-state index contributed by atoms with van der Waals surface area (Å²) in [7, 11) is 1.88. The average Bonchev–Trinajstić information content (AvgIpc) is 2.75. The van der Waals surface area contributed by atoms with Gasteiger partial charge in [-0.05, 0) is 38.9 Å². The lowest BCUT2D eigenvalue weighted by Gasteiger charge is -2.31. The number of furan rings is 1. The van der Waals surface area contributed by atoms with Gasteiger partial charge in [0, 0.05) is 13.1 Å². The van der Waals surface area contributed by atoms with Crippen LogP contribution in [0.2, 0.25) is 0 Å². The highest BCUT2D eigenvalue weighted by Crippen LogP contribution is 2.16. The third-order valence-corrected chi connectivity index (χ3v) is 3.27. The summed E-state index contributed by atoms with van der Waals surface area (Å²) in [6.45, 7) is 3.81. The van der Waals surface area contributed by atoms with E-state index in [1.165, 1.54) is 0 Å². The van der Waals surface area contributed by atoms with Crippen LogP contribution in [0, 0.1) is 6.92 Å². The van der Waals surface area contributed by atoms with Crippen LogP contribution in [0.25, 0.3) is 0 Å². The largest absolute Gasteiger partial charge is 0.469 e. The zero-order chi connectivity index (χ0) is 11.5. The first-order valence-electron chi connectivity index (χ1n) is 5.72. The Bertz CT molecular complexity index is 372. The Hall–Kier alpha value is -1.00. The maximum absolute atomic E-state index is 12.2. The number of hydrogen-bond acceptors (Lipinski definition) is 3. The average molecular weight is 259 g/mol. The molecule has 1 saturated heterocycles. The third-order valence-electron chi connectivity index (χ3n) is 3.27. The van der Waals surface area contributed by atoms with Gasteiger partial charge in [0.25, 0.3) is 5.91 Å². The van der Waals surface area contributed by atoms with E-state index < -0.39 is 0 Å². The Kier molecular flexibility index (Phi) is 5.02. The molecule has 1 aromatic heterocycles. The molecule has 1 aliphatic rings. The van der Waals surface area contributed by atoms with Crippen molar-refractivity contribution in [2.24, 2.45) is 0 Å². The Morgan fingerprint density at radius 3 is 2.65 bits per heavy atom.